The Balaban J connectivity index is 2.30. The molecule has 14 heavy (non-hydrogen) atoms. The van der Waals surface area contributed by atoms with Crippen molar-refractivity contribution in [2.75, 3.05) is 19.6 Å². The van der Waals surface area contributed by atoms with Crippen LogP contribution in [0.5, 0.6) is 0 Å². The average molecular weight is 199 g/mol. The van der Waals surface area contributed by atoms with Crippen LogP contribution in [0.2, 0.25) is 0 Å². The molecule has 0 amide bonds. The fourth-order valence-electron chi connectivity index (χ4n) is 1.95. The van der Waals surface area contributed by atoms with Crippen molar-refractivity contribution in [1.29, 1.82) is 0 Å². The van der Waals surface area contributed by atoms with E-state index in [0.29, 0.717) is 5.92 Å². The summed E-state index contributed by atoms with van der Waals surface area (Å²) in [5, 5.41) is 8.76. The third-order valence-electron chi connectivity index (χ3n) is 2.72. The number of hydrogen-bond acceptors (Lipinski definition) is 2. The lowest BCUT2D eigenvalue weighted by Gasteiger charge is -2.32. The molecular weight excluding hydrogens is 178 g/mol. The smallest absolute Gasteiger partial charge is 0.317 e. The van der Waals surface area contributed by atoms with Gasteiger partial charge in [0, 0.05) is 13.1 Å². The summed E-state index contributed by atoms with van der Waals surface area (Å²) >= 11 is 0. The Hall–Kier alpha value is -0.570. The van der Waals surface area contributed by atoms with Crippen molar-refractivity contribution >= 4 is 5.97 Å². The van der Waals surface area contributed by atoms with E-state index in [2.05, 4.69) is 18.7 Å². The molecule has 0 aromatic rings. The molecule has 0 aromatic carbocycles. The molecule has 0 atom stereocenters. The van der Waals surface area contributed by atoms with E-state index in [4.69, 9.17) is 5.11 Å². The highest BCUT2D eigenvalue weighted by molar-refractivity contribution is 5.69. The predicted octanol–water partition coefficient (Wildman–Crippen LogP) is 1.83. The molecule has 0 aliphatic heterocycles. The number of hydrogen-bond donors (Lipinski definition) is 1. The summed E-state index contributed by atoms with van der Waals surface area (Å²) in [6, 6.07) is 0. The summed E-state index contributed by atoms with van der Waals surface area (Å²) in [7, 11) is 0. The number of aliphatic carboxylic acids is 1. The number of nitrogens with zero attached hydrogens (tertiary/aromatic N) is 1. The molecule has 1 aliphatic carbocycles. The minimum absolute atomic E-state index is 0.203. The molecule has 0 saturated heterocycles. The molecule has 1 rings (SSSR count). The fraction of sp³-hybridized carbons (Fsp3) is 0.909. The molecular formula is C11H21NO2. The van der Waals surface area contributed by atoms with E-state index >= 15 is 0 Å². The number of carboxylic acid groups (broad SMARTS) is 1. The largest absolute Gasteiger partial charge is 0.480 e. The molecule has 3 nitrogen and oxygen atoms in total. The van der Waals surface area contributed by atoms with E-state index in [1.54, 1.807) is 0 Å². The molecule has 1 saturated carbocycles. The van der Waals surface area contributed by atoms with Gasteiger partial charge in [-0.2, -0.15) is 0 Å². The Bertz CT molecular complexity index is 188. The highest BCUT2D eigenvalue weighted by atomic mass is 16.4. The molecule has 0 bridgehead atoms. The summed E-state index contributed by atoms with van der Waals surface area (Å²) in [5.41, 5.74) is 0. The Kier molecular flexibility index (Phi) is 4.39. The van der Waals surface area contributed by atoms with Gasteiger partial charge < -0.3 is 5.11 Å². The van der Waals surface area contributed by atoms with Crippen molar-refractivity contribution in [3.63, 3.8) is 0 Å². The molecule has 1 aliphatic rings. The van der Waals surface area contributed by atoms with Crippen LogP contribution in [0.3, 0.4) is 0 Å². The van der Waals surface area contributed by atoms with Gasteiger partial charge in [0.05, 0.1) is 6.54 Å². The summed E-state index contributed by atoms with van der Waals surface area (Å²) in [5.74, 6) is 0.604. The number of carbonyl (C=O) groups is 1. The average Bonchev–Trinajstić information content (AvgIpc) is 1.94. The highest BCUT2D eigenvalue weighted by Crippen LogP contribution is 2.27. The van der Waals surface area contributed by atoms with Gasteiger partial charge in [0.25, 0.3) is 0 Å². The summed E-state index contributed by atoms with van der Waals surface area (Å²) in [6.07, 6.45) is 3.90. The second-order valence-corrected chi connectivity index (χ2v) is 4.78. The predicted molar refractivity (Wildman–Crippen MR) is 56.3 cm³/mol. The Labute approximate surface area is 86.1 Å². The molecule has 1 N–H and O–H groups in total. The molecule has 0 spiro atoms. The molecule has 0 unspecified atom stereocenters. The minimum atomic E-state index is -0.704. The first-order valence-corrected chi connectivity index (χ1v) is 5.52. The van der Waals surface area contributed by atoms with Gasteiger partial charge in [-0.15, -0.1) is 0 Å². The minimum Gasteiger partial charge on any atom is -0.480 e. The maximum absolute atomic E-state index is 10.6. The van der Waals surface area contributed by atoms with Crippen LogP contribution in [0, 0.1) is 11.8 Å². The van der Waals surface area contributed by atoms with Gasteiger partial charge in [-0.05, 0) is 24.7 Å². The topological polar surface area (TPSA) is 40.5 Å². The van der Waals surface area contributed by atoms with Gasteiger partial charge in [-0.1, -0.05) is 20.3 Å². The molecule has 0 radical (unpaired) electrons. The van der Waals surface area contributed by atoms with Crippen molar-refractivity contribution in [3.8, 4) is 0 Å². The van der Waals surface area contributed by atoms with E-state index in [1.807, 2.05) is 0 Å². The van der Waals surface area contributed by atoms with Gasteiger partial charge in [0.15, 0.2) is 0 Å². The van der Waals surface area contributed by atoms with Crippen LogP contribution in [-0.2, 0) is 4.79 Å². The van der Waals surface area contributed by atoms with Gasteiger partial charge in [0.1, 0.15) is 0 Å². The summed E-state index contributed by atoms with van der Waals surface area (Å²) < 4.78 is 0. The van der Waals surface area contributed by atoms with Crippen LogP contribution in [0.15, 0.2) is 0 Å². The van der Waals surface area contributed by atoms with Gasteiger partial charge in [0.2, 0.25) is 0 Å². The zero-order chi connectivity index (χ0) is 10.6. The second kappa shape index (κ2) is 5.35. The summed E-state index contributed by atoms with van der Waals surface area (Å²) in [6.45, 7) is 6.35. The Morgan fingerprint density at radius 3 is 2.50 bits per heavy atom. The molecule has 3 heteroatoms. The third-order valence-corrected chi connectivity index (χ3v) is 2.72. The summed E-state index contributed by atoms with van der Waals surface area (Å²) in [4.78, 5) is 12.7. The van der Waals surface area contributed by atoms with Crippen LogP contribution in [0.4, 0.5) is 0 Å². The highest BCUT2D eigenvalue weighted by Gasteiger charge is 2.22. The van der Waals surface area contributed by atoms with Crippen LogP contribution in [0.25, 0.3) is 0 Å². The third kappa shape index (κ3) is 4.09. The Morgan fingerprint density at radius 1 is 1.50 bits per heavy atom. The normalized spacial score (nSPS) is 17.4. The first-order chi connectivity index (χ1) is 6.58. The number of rotatable bonds is 6. The maximum Gasteiger partial charge on any atom is 0.317 e. The van der Waals surface area contributed by atoms with Crippen LogP contribution < -0.4 is 0 Å². The van der Waals surface area contributed by atoms with E-state index in [0.717, 1.165) is 19.0 Å². The van der Waals surface area contributed by atoms with E-state index < -0.39 is 5.97 Å². The van der Waals surface area contributed by atoms with Crippen molar-refractivity contribution in [2.45, 2.75) is 33.1 Å². The standard InChI is InChI=1S/C11H21NO2/c1-9(2)6-12(8-11(13)14)7-10-4-3-5-10/h9-10H,3-8H2,1-2H3,(H,13,14). The molecule has 82 valence electrons. The van der Waals surface area contributed by atoms with E-state index in [-0.39, 0.29) is 6.54 Å². The first kappa shape index (κ1) is 11.5. The van der Waals surface area contributed by atoms with Gasteiger partial charge >= 0.3 is 5.97 Å². The van der Waals surface area contributed by atoms with Gasteiger partial charge in [-0.25, -0.2) is 0 Å². The monoisotopic (exact) mass is 199 g/mol. The lowest BCUT2D eigenvalue weighted by Crippen LogP contribution is -2.38. The van der Waals surface area contributed by atoms with Gasteiger partial charge in [-0.3, -0.25) is 9.69 Å². The van der Waals surface area contributed by atoms with E-state index in [1.165, 1.54) is 19.3 Å². The lowest BCUT2D eigenvalue weighted by atomic mass is 9.85. The zero-order valence-corrected chi connectivity index (χ0v) is 9.20. The lowest BCUT2D eigenvalue weighted by molar-refractivity contribution is -0.138. The van der Waals surface area contributed by atoms with Crippen LogP contribution in [-0.4, -0.2) is 35.6 Å². The molecule has 0 heterocycles. The quantitative estimate of drug-likeness (QED) is 0.709. The second-order valence-electron chi connectivity index (χ2n) is 4.78. The molecule has 1 fully saturated rings. The van der Waals surface area contributed by atoms with Crippen LogP contribution in [0.1, 0.15) is 33.1 Å². The zero-order valence-electron chi connectivity index (χ0n) is 9.20. The van der Waals surface area contributed by atoms with Crippen molar-refractivity contribution in [2.24, 2.45) is 11.8 Å². The SMILES string of the molecule is CC(C)CN(CC(=O)O)CC1CCC1. The maximum atomic E-state index is 10.6. The first-order valence-electron chi connectivity index (χ1n) is 5.52. The van der Waals surface area contributed by atoms with Crippen molar-refractivity contribution < 1.29 is 9.90 Å². The van der Waals surface area contributed by atoms with Crippen molar-refractivity contribution in [3.05, 3.63) is 0 Å². The van der Waals surface area contributed by atoms with Crippen LogP contribution >= 0.6 is 0 Å². The fourth-order valence-corrected chi connectivity index (χ4v) is 1.95. The Morgan fingerprint density at radius 2 is 2.14 bits per heavy atom. The van der Waals surface area contributed by atoms with E-state index in [9.17, 15) is 4.79 Å². The van der Waals surface area contributed by atoms with Crippen molar-refractivity contribution in [1.82, 2.24) is 4.90 Å². The number of carboxylic acids is 1. The molecule has 0 aromatic heterocycles.